The van der Waals surface area contributed by atoms with Gasteiger partial charge in [0.2, 0.25) is 0 Å². The van der Waals surface area contributed by atoms with Crippen molar-refractivity contribution in [3.05, 3.63) is 23.8 Å². The van der Waals surface area contributed by atoms with Crippen LogP contribution in [-0.4, -0.2) is 26.5 Å². The molecule has 1 aromatic rings. The van der Waals surface area contributed by atoms with Crippen LogP contribution in [0.25, 0.3) is 0 Å². The number of hydrogen-bond acceptors (Lipinski definition) is 4. The Morgan fingerprint density at radius 1 is 1.31 bits per heavy atom. The first-order valence-electron chi connectivity index (χ1n) is 5.13. The van der Waals surface area contributed by atoms with Crippen molar-refractivity contribution in [3.63, 3.8) is 0 Å². The molecule has 0 radical (unpaired) electrons. The van der Waals surface area contributed by atoms with Crippen LogP contribution in [-0.2, 0) is 6.54 Å². The van der Waals surface area contributed by atoms with Crippen molar-refractivity contribution in [3.8, 4) is 11.5 Å². The third kappa shape index (κ3) is 3.55. The number of hydrogen-bond donors (Lipinski definition) is 2. The van der Waals surface area contributed by atoms with E-state index in [9.17, 15) is 0 Å². The van der Waals surface area contributed by atoms with Gasteiger partial charge in [-0.15, -0.1) is 0 Å². The zero-order valence-electron chi connectivity index (χ0n) is 9.96. The third-order valence-corrected chi connectivity index (χ3v) is 2.20. The van der Waals surface area contributed by atoms with Crippen molar-refractivity contribution in [2.75, 3.05) is 20.8 Å². The highest BCUT2D eigenvalue weighted by molar-refractivity contribution is 5.80. The number of nitrogens with one attached hydrogen (secondary N) is 2. The molecule has 4 nitrogen and oxygen atoms in total. The van der Waals surface area contributed by atoms with Crippen molar-refractivity contribution in [2.24, 2.45) is 0 Å². The van der Waals surface area contributed by atoms with Gasteiger partial charge < -0.3 is 20.2 Å². The second-order valence-corrected chi connectivity index (χ2v) is 3.56. The summed E-state index contributed by atoms with van der Waals surface area (Å²) < 4.78 is 10.4. The van der Waals surface area contributed by atoms with Crippen LogP contribution in [0.2, 0.25) is 0 Å². The van der Waals surface area contributed by atoms with E-state index < -0.39 is 0 Å². The van der Waals surface area contributed by atoms with E-state index in [1.54, 1.807) is 21.1 Å². The average Bonchev–Trinajstić information content (AvgIpc) is 2.29. The first kappa shape index (κ1) is 12.5. The van der Waals surface area contributed by atoms with Gasteiger partial charge in [-0.1, -0.05) is 6.07 Å². The molecule has 0 aromatic heterocycles. The normalized spacial score (nSPS) is 9.94. The monoisotopic (exact) mass is 222 g/mol. The summed E-state index contributed by atoms with van der Waals surface area (Å²) in [5.74, 6) is 1.58. The van der Waals surface area contributed by atoms with Gasteiger partial charge in [0.25, 0.3) is 0 Å². The van der Waals surface area contributed by atoms with Crippen LogP contribution in [0.3, 0.4) is 0 Å². The molecular formula is C12H18N2O2. The average molecular weight is 222 g/mol. The molecule has 1 rings (SSSR count). The Balaban J connectivity index is 2.68. The Hall–Kier alpha value is -1.55. The lowest BCUT2D eigenvalue weighted by atomic mass is 10.2. The minimum Gasteiger partial charge on any atom is -0.497 e. The SMILES string of the molecule is COc1ccc(CNCC(C)=N)c(OC)c1. The molecule has 2 N–H and O–H groups in total. The molecule has 0 spiro atoms. The molecule has 0 aliphatic heterocycles. The first-order valence-corrected chi connectivity index (χ1v) is 5.13. The zero-order valence-corrected chi connectivity index (χ0v) is 9.96. The summed E-state index contributed by atoms with van der Waals surface area (Å²) in [7, 11) is 3.27. The van der Waals surface area contributed by atoms with Gasteiger partial charge in [0.1, 0.15) is 11.5 Å². The fraction of sp³-hybridized carbons (Fsp3) is 0.417. The van der Waals surface area contributed by atoms with Gasteiger partial charge in [-0.2, -0.15) is 0 Å². The molecule has 1 aromatic carbocycles. The number of methoxy groups -OCH3 is 2. The second kappa shape index (κ2) is 6.12. The van der Waals surface area contributed by atoms with Gasteiger partial charge in [-0.25, -0.2) is 0 Å². The van der Waals surface area contributed by atoms with E-state index in [1.807, 2.05) is 18.2 Å². The summed E-state index contributed by atoms with van der Waals surface area (Å²) in [6, 6.07) is 5.72. The highest BCUT2D eigenvalue weighted by atomic mass is 16.5. The maximum absolute atomic E-state index is 7.31. The standard InChI is InChI=1S/C12H18N2O2/c1-9(13)7-14-8-10-4-5-11(15-2)6-12(10)16-3/h4-6,13-14H,7-8H2,1-3H3. The predicted molar refractivity (Wildman–Crippen MR) is 64.7 cm³/mol. The van der Waals surface area contributed by atoms with Crippen LogP contribution in [0.1, 0.15) is 12.5 Å². The fourth-order valence-corrected chi connectivity index (χ4v) is 1.38. The van der Waals surface area contributed by atoms with E-state index in [0.29, 0.717) is 18.8 Å². The van der Waals surface area contributed by atoms with E-state index in [0.717, 1.165) is 17.1 Å². The molecule has 0 saturated carbocycles. The summed E-state index contributed by atoms with van der Waals surface area (Å²) in [4.78, 5) is 0. The molecule has 0 saturated heterocycles. The highest BCUT2D eigenvalue weighted by Crippen LogP contribution is 2.24. The molecule has 0 aliphatic rings. The Morgan fingerprint density at radius 2 is 2.06 bits per heavy atom. The molecule has 88 valence electrons. The van der Waals surface area contributed by atoms with Gasteiger partial charge in [0, 0.05) is 30.4 Å². The highest BCUT2D eigenvalue weighted by Gasteiger charge is 2.04. The van der Waals surface area contributed by atoms with E-state index >= 15 is 0 Å². The van der Waals surface area contributed by atoms with E-state index in [4.69, 9.17) is 14.9 Å². The van der Waals surface area contributed by atoms with Crippen LogP contribution >= 0.6 is 0 Å². The molecule has 0 unspecified atom stereocenters. The maximum atomic E-state index is 7.31. The van der Waals surface area contributed by atoms with Crippen molar-refractivity contribution in [1.82, 2.24) is 5.32 Å². The van der Waals surface area contributed by atoms with Crippen molar-refractivity contribution >= 4 is 5.71 Å². The summed E-state index contributed by atoms with van der Waals surface area (Å²) in [5.41, 5.74) is 1.68. The number of ether oxygens (including phenoxy) is 2. The smallest absolute Gasteiger partial charge is 0.127 e. The van der Waals surface area contributed by atoms with Crippen LogP contribution in [0.15, 0.2) is 18.2 Å². The van der Waals surface area contributed by atoms with Crippen LogP contribution in [0.4, 0.5) is 0 Å². The fourth-order valence-electron chi connectivity index (χ4n) is 1.38. The summed E-state index contributed by atoms with van der Waals surface area (Å²) in [6.45, 7) is 3.05. The van der Waals surface area contributed by atoms with Gasteiger partial charge in [-0.3, -0.25) is 0 Å². The van der Waals surface area contributed by atoms with Crippen LogP contribution < -0.4 is 14.8 Å². The first-order chi connectivity index (χ1) is 7.67. The minimum atomic E-state index is 0.592. The van der Waals surface area contributed by atoms with Gasteiger partial charge in [0.05, 0.1) is 14.2 Å². The van der Waals surface area contributed by atoms with E-state index in [-0.39, 0.29) is 0 Å². The van der Waals surface area contributed by atoms with E-state index in [1.165, 1.54) is 0 Å². The van der Waals surface area contributed by atoms with Gasteiger partial charge >= 0.3 is 0 Å². The van der Waals surface area contributed by atoms with Crippen molar-refractivity contribution in [2.45, 2.75) is 13.5 Å². The minimum absolute atomic E-state index is 0.592. The van der Waals surface area contributed by atoms with Gasteiger partial charge in [-0.05, 0) is 13.0 Å². The van der Waals surface area contributed by atoms with Crippen LogP contribution in [0.5, 0.6) is 11.5 Å². The van der Waals surface area contributed by atoms with Crippen LogP contribution in [0, 0.1) is 5.41 Å². The molecule has 4 heteroatoms. The summed E-state index contributed by atoms with van der Waals surface area (Å²) in [6.07, 6.45) is 0. The Bertz CT molecular complexity index is 364. The maximum Gasteiger partial charge on any atom is 0.127 e. The Kier molecular flexibility index (Phi) is 4.79. The molecule has 0 fully saturated rings. The molecule has 0 atom stereocenters. The van der Waals surface area contributed by atoms with E-state index in [2.05, 4.69) is 5.32 Å². The second-order valence-electron chi connectivity index (χ2n) is 3.56. The number of benzene rings is 1. The largest absolute Gasteiger partial charge is 0.497 e. The zero-order chi connectivity index (χ0) is 12.0. The third-order valence-electron chi connectivity index (χ3n) is 2.20. The molecule has 0 aliphatic carbocycles. The molecular weight excluding hydrogens is 204 g/mol. The number of rotatable bonds is 6. The lowest BCUT2D eigenvalue weighted by Crippen LogP contribution is -2.20. The topological polar surface area (TPSA) is 54.3 Å². The Morgan fingerprint density at radius 3 is 2.62 bits per heavy atom. The lowest BCUT2D eigenvalue weighted by molar-refractivity contribution is 0.390. The molecule has 0 bridgehead atoms. The van der Waals surface area contributed by atoms with Gasteiger partial charge in [0.15, 0.2) is 0 Å². The molecule has 0 heterocycles. The van der Waals surface area contributed by atoms with Crippen molar-refractivity contribution in [1.29, 1.82) is 5.41 Å². The molecule has 16 heavy (non-hydrogen) atoms. The summed E-state index contributed by atoms with van der Waals surface area (Å²) >= 11 is 0. The molecule has 0 amide bonds. The van der Waals surface area contributed by atoms with Crippen molar-refractivity contribution < 1.29 is 9.47 Å². The Labute approximate surface area is 96.1 Å². The lowest BCUT2D eigenvalue weighted by Gasteiger charge is -2.10. The predicted octanol–water partition coefficient (Wildman–Crippen LogP) is 1.83. The quantitative estimate of drug-likeness (QED) is 0.722. The summed E-state index contributed by atoms with van der Waals surface area (Å²) in [5, 5.41) is 10.5.